The van der Waals surface area contributed by atoms with Crippen molar-refractivity contribution >= 4 is 10.9 Å². The van der Waals surface area contributed by atoms with Crippen molar-refractivity contribution in [3.8, 4) is 23.3 Å². The zero-order valence-corrected chi connectivity index (χ0v) is 10.1. The quantitative estimate of drug-likeness (QED) is 0.710. The van der Waals surface area contributed by atoms with E-state index in [9.17, 15) is 14.6 Å². The third-order valence-electron chi connectivity index (χ3n) is 2.97. The fraction of sp³-hybridized carbons (Fsp3) is 0. The van der Waals surface area contributed by atoms with Gasteiger partial charge in [0.25, 0.3) is 0 Å². The summed E-state index contributed by atoms with van der Waals surface area (Å²) < 4.78 is 14.8. The van der Waals surface area contributed by atoms with Gasteiger partial charge in [-0.1, -0.05) is 0 Å². The van der Waals surface area contributed by atoms with E-state index in [4.69, 9.17) is 5.26 Å². The van der Waals surface area contributed by atoms with Gasteiger partial charge in [-0.25, -0.2) is 9.07 Å². The molecule has 3 aromatic rings. The van der Waals surface area contributed by atoms with Crippen LogP contribution in [0.25, 0.3) is 16.6 Å². The van der Waals surface area contributed by atoms with Crippen LogP contribution < -0.4 is 0 Å². The molecule has 6 heteroatoms. The molecule has 0 saturated heterocycles. The first-order valence-corrected chi connectivity index (χ1v) is 5.70. The lowest BCUT2D eigenvalue weighted by Crippen LogP contribution is -1.96. The van der Waals surface area contributed by atoms with Gasteiger partial charge in [-0.15, -0.1) is 0 Å². The number of nitriles is 1. The standard InChI is InChI=1S/C14H8FN3O2/c15-11-5-9(1-2-13(11)19)18-12-3-8(6-16)4-14(20)10(12)7-17-18/h1-5,7,19-20H. The number of rotatable bonds is 1. The number of fused-ring (bicyclic) bond motifs is 1. The first kappa shape index (κ1) is 12.0. The van der Waals surface area contributed by atoms with Crippen molar-refractivity contribution in [3.05, 3.63) is 47.9 Å². The summed E-state index contributed by atoms with van der Waals surface area (Å²) in [7, 11) is 0. The van der Waals surface area contributed by atoms with Crippen molar-refractivity contribution in [2.75, 3.05) is 0 Å². The SMILES string of the molecule is N#Cc1cc(O)c2cnn(-c3ccc(O)c(F)c3)c2c1. The molecule has 0 radical (unpaired) electrons. The van der Waals surface area contributed by atoms with E-state index in [1.165, 1.54) is 29.1 Å². The number of hydrogen-bond acceptors (Lipinski definition) is 4. The molecule has 0 atom stereocenters. The van der Waals surface area contributed by atoms with Gasteiger partial charge < -0.3 is 10.2 Å². The Morgan fingerprint density at radius 3 is 2.65 bits per heavy atom. The van der Waals surface area contributed by atoms with E-state index in [0.29, 0.717) is 16.6 Å². The molecule has 0 amide bonds. The topological polar surface area (TPSA) is 82.1 Å². The van der Waals surface area contributed by atoms with Crippen molar-refractivity contribution in [2.45, 2.75) is 0 Å². The molecule has 0 aliphatic rings. The predicted molar refractivity (Wildman–Crippen MR) is 69.1 cm³/mol. The maximum atomic E-state index is 13.4. The lowest BCUT2D eigenvalue weighted by molar-refractivity contribution is 0.432. The minimum Gasteiger partial charge on any atom is -0.507 e. The van der Waals surface area contributed by atoms with Crippen LogP contribution in [0.4, 0.5) is 4.39 Å². The number of phenols is 2. The van der Waals surface area contributed by atoms with E-state index in [-0.39, 0.29) is 11.3 Å². The zero-order chi connectivity index (χ0) is 14.3. The van der Waals surface area contributed by atoms with Crippen LogP contribution in [0.5, 0.6) is 11.5 Å². The number of aromatic hydroxyl groups is 2. The van der Waals surface area contributed by atoms with E-state index in [1.54, 1.807) is 6.07 Å². The predicted octanol–water partition coefficient (Wildman–Crippen LogP) is 2.45. The molecule has 0 fully saturated rings. The Morgan fingerprint density at radius 2 is 1.95 bits per heavy atom. The first-order valence-electron chi connectivity index (χ1n) is 5.70. The van der Waals surface area contributed by atoms with E-state index in [2.05, 4.69) is 5.10 Å². The fourth-order valence-corrected chi connectivity index (χ4v) is 2.01. The summed E-state index contributed by atoms with van der Waals surface area (Å²) >= 11 is 0. The van der Waals surface area contributed by atoms with Gasteiger partial charge in [0.1, 0.15) is 5.75 Å². The number of phenolic OH excluding ortho intramolecular Hbond substituents is 2. The van der Waals surface area contributed by atoms with E-state index in [0.717, 1.165) is 6.07 Å². The van der Waals surface area contributed by atoms with Crippen molar-refractivity contribution in [1.29, 1.82) is 5.26 Å². The van der Waals surface area contributed by atoms with Gasteiger partial charge in [0.05, 0.1) is 34.4 Å². The number of hydrogen-bond donors (Lipinski definition) is 2. The third kappa shape index (κ3) is 1.73. The summed E-state index contributed by atoms with van der Waals surface area (Å²) in [5, 5.41) is 32.5. The molecule has 0 unspecified atom stereocenters. The summed E-state index contributed by atoms with van der Waals surface area (Å²) in [5.74, 6) is -1.29. The lowest BCUT2D eigenvalue weighted by atomic mass is 10.1. The van der Waals surface area contributed by atoms with E-state index < -0.39 is 11.6 Å². The second-order valence-electron chi connectivity index (χ2n) is 4.23. The molecule has 2 aromatic carbocycles. The maximum Gasteiger partial charge on any atom is 0.166 e. The van der Waals surface area contributed by atoms with Gasteiger partial charge in [0.15, 0.2) is 11.6 Å². The second-order valence-corrected chi connectivity index (χ2v) is 4.23. The second kappa shape index (κ2) is 4.24. The van der Waals surface area contributed by atoms with Gasteiger partial charge in [0, 0.05) is 6.07 Å². The molecule has 0 saturated carbocycles. The first-order chi connectivity index (χ1) is 9.60. The van der Waals surface area contributed by atoms with Crippen LogP contribution in [-0.4, -0.2) is 20.0 Å². The molecule has 2 N–H and O–H groups in total. The smallest absolute Gasteiger partial charge is 0.166 e. The molecule has 0 aliphatic carbocycles. The van der Waals surface area contributed by atoms with Crippen molar-refractivity contribution in [3.63, 3.8) is 0 Å². The highest BCUT2D eigenvalue weighted by atomic mass is 19.1. The van der Waals surface area contributed by atoms with Crippen LogP contribution in [0.3, 0.4) is 0 Å². The Hall–Kier alpha value is -3.07. The highest BCUT2D eigenvalue weighted by molar-refractivity contribution is 5.87. The van der Waals surface area contributed by atoms with E-state index in [1.807, 2.05) is 6.07 Å². The van der Waals surface area contributed by atoms with Crippen molar-refractivity contribution < 1.29 is 14.6 Å². The number of nitrogens with zero attached hydrogens (tertiary/aromatic N) is 3. The Bertz CT molecular complexity index is 865. The number of aromatic nitrogens is 2. The molecule has 0 bridgehead atoms. The van der Waals surface area contributed by atoms with Crippen molar-refractivity contribution in [1.82, 2.24) is 9.78 Å². The monoisotopic (exact) mass is 269 g/mol. The summed E-state index contributed by atoms with van der Waals surface area (Å²) in [6.07, 6.45) is 1.43. The molecule has 5 nitrogen and oxygen atoms in total. The van der Waals surface area contributed by atoms with Gasteiger partial charge in [-0.3, -0.25) is 0 Å². The average Bonchev–Trinajstić information content (AvgIpc) is 2.86. The van der Waals surface area contributed by atoms with Crippen LogP contribution in [0.15, 0.2) is 36.5 Å². The summed E-state index contributed by atoms with van der Waals surface area (Å²) in [5.41, 5.74) is 1.13. The fourth-order valence-electron chi connectivity index (χ4n) is 2.01. The average molecular weight is 269 g/mol. The molecule has 98 valence electrons. The summed E-state index contributed by atoms with van der Waals surface area (Å²) in [4.78, 5) is 0. The van der Waals surface area contributed by atoms with E-state index >= 15 is 0 Å². The number of benzene rings is 2. The Balaban J connectivity index is 2.29. The molecule has 1 aromatic heterocycles. The number of halogens is 1. The molecular formula is C14H8FN3O2. The van der Waals surface area contributed by atoms with Crippen LogP contribution >= 0.6 is 0 Å². The zero-order valence-electron chi connectivity index (χ0n) is 10.1. The van der Waals surface area contributed by atoms with Crippen molar-refractivity contribution in [2.24, 2.45) is 0 Å². The molecule has 1 heterocycles. The molecule has 0 spiro atoms. The lowest BCUT2D eigenvalue weighted by Gasteiger charge is -2.05. The highest BCUT2D eigenvalue weighted by Crippen LogP contribution is 2.29. The third-order valence-corrected chi connectivity index (χ3v) is 2.97. The van der Waals surface area contributed by atoms with Crippen LogP contribution in [0.2, 0.25) is 0 Å². The Labute approximate surface area is 112 Å². The maximum absolute atomic E-state index is 13.4. The Morgan fingerprint density at radius 1 is 1.15 bits per heavy atom. The minimum atomic E-state index is -0.771. The van der Waals surface area contributed by atoms with Crippen LogP contribution in [-0.2, 0) is 0 Å². The largest absolute Gasteiger partial charge is 0.507 e. The van der Waals surface area contributed by atoms with Crippen LogP contribution in [0, 0.1) is 17.1 Å². The highest BCUT2D eigenvalue weighted by Gasteiger charge is 2.11. The minimum absolute atomic E-state index is 0.0652. The van der Waals surface area contributed by atoms with Gasteiger partial charge in [0.2, 0.25) is 0 Å². The van der Waals surface area contributed by atoms with Crippen LogP contribution in [0.1, 0.15) is 5.56 Å². The summed E-state index contributed by atoms with van der Waals surface area (Å²) in [6, 6.07) is 8.65. The molecule has 20 heavy (non-hydrogen) atoms. The molecular weight excluding hydrogens is 261 g/mol. The Kier molecular flexibility index (Phi) is 2.54. The molecule has 0 aliphatic heterocycles. The normalized spacial score (nSPS) is 10.6. The molecule has 3 rings (SSSR count). The van der Waals surface area contributed by atoms with Gasteiger partial charge in [-0.2, -0.15) is 10.4 Å². The van der Waals surface area contributed by atoms with Gasteiger partial charge >= 0.3 is 0 Å². The van der Waals surface area contributed by atoms with Gasteiger partial charge in [-0.05, 0) is 24.3 Å². The summed E-state index contributed by atoms with van der Waals surface area (Å²) in [6.45, 7) is 0.